The van der Waals surface area contributed by atoms with Gasteiger partial charge in [0.1, 0.15) is 0 Å². The van der Waals surface area contributed by atoms with Gasteiger partial charge in [0.05, 0.1) is 18.8 Å². The Labute approximate surface area is 312 Å². The van der Waals surface area contributed by atoms with Gasteiger partial charge < -0.3 is 15.5 Å². The molecule has 0 saturated heterocycles. The molecule has 3 N–H and O–H groups in total. The lowest BCUT2D eigenvalue weighted by atomic mass is 10.0. The summed E-state index contributed by atoms with van der Waals surface area (Å²) in [5, 5.41) is 22.9. The summed E-state index contributed by atoms with van der Waals surface area (Å²) < 4.78 is 0. The molecule has 0 aromatic carbocycles. The Morgan fingerprint density at radius 2 is 0.780 bits per heavy atom. The SMILES string of the molecule is CCCCCCCCCCCCCCCCCCCCC/C=C/CC/C=C/CC/C=C/C(O)C(CO)NC(=O)CCCCCCCCCCC. The van der Waals surface area contributed by atoms with Crippen LogP contribution in [0.25, 0.3) is 0 Å². The van der Waals surface area contributed by atoms with Crippen LogP contribution in [-0.4, -0.2) is 34.9 Å². The molecule has 0 aliphatic carbocycles. The second kappa shape index (κ2) is 42.0. The van der Waals surface area contributed by atoms with Crippen molar-refractivity contribution in [1.29, 1.82) is 0 Å². The molecular weight excluding hydrogens is 615 g/mol. The van der Waals surface area contributed by atoms with E-state index in [1.54, 1.807) is 6.08 Å². The molecule has 2 unspecified atom stereocenters. The van der Waals surface area contributed by atoms with E-state index in [0.29, 0.717) is 6.42 Å². The molecule has 50 heavy (non-hydrogen) atoms. The molecule has 0 aliphatic heterocycles. The second-order valence-electron chi connectivity index (χ2n) is 15.1. The van der Waals surface area contributed by atoms with E-state index in [0.717, 1.165) is 38.5 Å². The van der Waals surface area contributed by atoms with Gasteiger partial charge in [0.2, 0.25) is 5.91 Å². The van der Waals surface area contributed by atoms with Crippen molar-refractivity contribution in [2.45, 2.75) is 244 Å². The number of aliphatic hydroxyl groups excluding tert-OH is 2. The number of allylic oxidation sites excluding steroid dienone is 5. The van der Waals surface area contributed by atoms with Crippen LogP contribution in [-0.2, 0) is 4.79 Å². The number of hydrogen-bond donors (Lipinski definition) is 3. The second-order valence-corrected chi connectivity index (χ2v) is 15.1. The van der Waals surface area contributed by atoms with Crippen LogP contribution >= 0.6 is 0 Å². The lowest BCUT2D eigenvalue weighted by molar-refractivity contribution is -0.123. The van der Waals surface area contributed by atoms with Crippen molar-refractivity contribution in [3.8, 4) is 0 Å². The largest absolute Gasteiger partial charge is 0.394 e. The Balaban J connectivity index is 3.54. The van der Waals surface area contributed by atoms with E-state index in [-0.39, 0.29) is 12.5 Å². The van der Waals surface area contributed by atoms with Crippen LogP contribution in [0.3, 0.4) is 0 Å². The number of hydrogen-bond acceptors (Lipinski definition) is 3. The van der Waals surface area contributed by atoms with Gasteiger partial charge in [0.15, 0.2) is 0 Å². The number of aliphatic hydroxyl groups is 2. The van der Waals surface area contributed by atoms with Gasteiger partial charge in [0.25, 0.3) is 0 Å². The minimum Gasteiger partial charge on any atom is -0.394 e. The summed E-state index contributed by atoms with van der Waals surface area (Å²) in [6.45, 7) is 4.27. The topological polar surface area (TPSA) is 69.6 Å². The monoisotopic (exact) mass is 702 g/mol. The van der Waals surface area contributed by atoms with Crippen LogP contribution in [0.4, 0.5) is 0 Å². The summed E-state index contributed by atoms with van der Waals surface area (Å²) in [7, 11) is 0. The van der Waals surface area contributed by atoms with E-state index in [2.05, 4.69) is 43.5 Å². The molecule has 4 heteroatoms. The Hall–Kier alpha value is -1.39. The summed E-state index contributed by atoms with van der Waals surface area (Å²) in [5.74, 6) is -0.0815. The minimum atomic E-state index is -0.866. The highest BCUT2D eigenvalue weighted by Crippen LogP contribution is 2.15. The van der Waals surface area contributed by atoms with Crippen LogP contribution in [0.15, 0.2) is 36.5 Å². The molecule has 0 saturated carbocycles. The highest BCUT2D eigenvalue weighted by atomic mass is 16.3. The lowest BCUT2D eigenvalue weighted by Gasteiger charge is -2.19. The van der Waals surface area contributed by atoms with E-state index < -0.39 is 12.1 Å². The fourth-order valence-electron chi connectivity index (χ4n) is 6.68. The van der Waals surface area contributed by atoms with Crippen molar-refractivity contribution in [3.63, 3.8) is 0 Å². The van der Waals surface area contributed by atoms with E-state index in [1.165, 1.54) is 173 Å². The smallest absolute Gasteiger partial charge is 0.220 e. The fourth-order valence-corrected chi connectivity index (χ4v) is 6.68. The van der Waals surface area contributed by atoms with Crippen molar-refractivity contribution in [2.75, 3.05) is 6.61 Å². The molecule has 294 valence electrons. The minimum absolute atomic E-state index is 0.0815. The Morgan fingerprint density at radius 1 is 0.460 bits per heavy atom. The summed E-state index contributed by atoms with van der Waals surface area (Å²) in [5.41, 5.74) is 0. The maximum absolute atomic E-state index is 12.3. The molecule has 0 radical (unpaired) electrons. The zero-order valence-corrected chi connectivity index (χ0v) is 33.7. The molecule has 0 spiro atoms. The Kier molecular flexibility index (Phi) is 40.9. The molecule has 0 aromatic rings. The average molecular weight is 702 g/mol. The fraction of sp³-hybridized carbons (Fsp3) is 0.848. The molecule has 0 aliphatic rings. The van der Waals surface area contributed by atoms with Gasteiger partial charge >= 0.3 is 0 Å². The third-order valence-corrected chi connectivity index (χ3v) is 10.1. The first kappa shape index (κ1) is 48.6. The van der Waals surface area contributed by atoms with E-state index in [1.807, 2.05) is 6.08 Å². The van der Waals surface area contributed by atoms with E-state index >= 15 is 0 Å². The highest BCUT2D eigenvalue weighted by Gasteiger charge is 2.17. The highest BCUT2D eigenvalue weighted by molar-refractivity contribution is 5.76. The number of nitrogens with one attached hydrogen (secondary N) is 1. The predicted molar refractivity (Wildman–Crippen MR) is 221 cm³/mol. The van der Waals surface area contributed by atoms with Crippen molar-refractivity contribution < 1.29 is 15.0 Å². The van der Waals surface area contributed by atoms with Crippen LogP contribution < -0.4 is 5.32 Å². The molecule has 1 amide bonds. The lowest BCUT2D eigenvalue weighted by Crippen LogP contribution is -2.45. The van der Waals surface area contributed by atoms with Gasteiger partial charge in [-0.15, -0.1) is 0 Å². The standard InChI is InChI=1S/C46H87NO3/c1-3-5-7-9-11-13-14-15-16-17-18-19-20-21-22-23-24-25-26-27-28-29-30-31-32-34-35-37-39-41-45(49)44(43-48)47-46(50)42-40-38-36-33-12-10-8-6-4-2/h28-29,32,34,39,41,44-45,48-49H,3-27,30-31,33,35-38,40,42-43H2,1-2H3,(H,47,50)/b29-28+,34-32+,41-39+. The third-order valence-electron chi connectivity index (χ3n) is 10.1. The number of amides is 1. The van der Waals surface area contributed by atoms with Crippen LogP contribution in [0.5, 0.6) is 0 Å². The molecule has 4 nitrogen and oxygen atoms in total. The summed E-state index contributed by atoms with van der Waals surface area (Å²) in [6.07, 6.45) is 55.7. The summed E-state index contributed by atoms with van der Waals surface area (Å²) >= 11 is 0. The maximum Gasteiger partial charge on any atom is 0.220 e. The maximum atomic E-state index is 12.3. The quantitative estimate of drug-likeness (QED) is 0.0440. The van der Waals surface area contributed by atoms with E-state index in [4.69, 9.17) is 0 Å². The molecule has 0 rings (SSSR count). The zero-order chi connectivity index (χ0) is 36.4. The zero-order valence-electron chi connectivity index (χ0n) is 33.7. The van der Waals surface area contributed by atoms with Crippen molar-refractivity contribution in [1.82, 2.24) is 5.32 Å². The number of carbonyl (C=O) groups is 1. The van der Waals surface area contributed by atoms with E-state index in [9.17, 15) is 15.0 Å². The Morgan fingerprint density at radius 3 is 1.16 bits per heavy atom. The first-order chi connectivity index (χ1) is 24.7. The number of carbonyl (C=O) groups excluding carboxylic acids is 1. The number of unbranched alkanes of at least 4 members (excludes halogenated alkanes) is 29. The molecular formula is C46H87NO3. The van der Waals surface area contributed by atoms with Gasteiger partial charge in [0, 0.05) is 6.42 Å². The van der Waals surface area contributed by atoms with Crippen molar-refractivity contribution >= 4 is 5.91 Å². The molecule has 0 aromatic heterocycles. The van der Waals surface area contributed by atoms with Crippen molar-refractivity contribution in [3.05, 3.63) is 36.5 Å². The molecule has 2 atom stereocenters. The number of rotatable bonds is 40. The molecule has 0 fully saturated rings. The average Bonchev–Trinajstić information content (AvgIpc) is 3.12. The van der Waals surface area contributed by atoms with Crippen LogP contribution in [0.1, 0.15) is 232 Å². The van der Waals surface area contributed by atoms with Gasteiger partial charge in [-0.25, -0.2) is 0 Å². The van der Waals surface area contributed by atoms with Crippen molar-refractivity contribution in [2.24, 2.45) is 0 Å². The predicted octanol–water partition coefficient (Wildman–Crippen LogP) is 13.8. The first-order valence-electron chi connectivity index (χ1n) is 22.2. The summed E-state index contributed by atoms with van der Waals surface area (Å²) in [4.78, 5) is 12.3. The van der Waals surface area contributed by atoms with Gasteiger partial charge in [-0.1, -0.05) is 217 Å². The van der Waals surface area contributed by atoms with Crippen LogP contribution in [0.2, 0.25) is 0 Å². The van der Waals surface area contributed by atoms with Gasteiger partial charge in [-0.05, 0) is 44.9 Å². The van der Waals surface area contributed by atoms with Gasteiger partial charge in [-0.2, -0.15) is 0 Å². The van der Waals surface area contributed by atoms with Crippen LogP contribution in [0, 0.1) is 0 Å². The van der Waals surface area contributed by atoms with Gasteiger partial charge in [-0.3, -0.25) is 4.79 Å². The normalized spacial score (nSPS) is 13.3. The Bertz CT molecular complexity index is 760. The summed E-state index contributed by atoms with van der Waals surface area (Å²) in [6, 6.07) is -0.640. The first-order valence-corrected chi connectivity index (χ1v) is 22.2. The molecule has 0 heterocycles. The molecule has 0 bridgehead atoms. The third kappa shape index (κ3) is 37.9.